The van der Waals surface area contributed by atoms with Gasteiger partial charge in [-0.15, -0.1) is 0 Å². The number of aryl methyl sites for hydroxylation is 2. The quantitative estimate of drug-likeness (QED) is 0.123. The second-order valence-corrected chi connectivity index (χ2v) is 16.0. The fourth-order valence-corrected chi connectivity index (χ4v) is 8.99. The standard InChI is InChI=1S/C54H34F6N2O2/c1-31-16-21-40(45(26-31)54(58,59)60)37-19-25-48-44(30-37)43-29-36(39-22-20-38(27-32(39)2)53(55,56)57)18-24-47(43)61(48)49-15-9-14-41-50(49)52(64)62(51(41)63)46-23-17-35(33-10-5-3-6-11-33)28-42(46)34-12-7-4-8-13-34/h3-30H,1-2H3. The molecule has 314 valence electrons. The Morgan fingerprint density at radius 1 is 0.422 bits per heavy atom. The number of hydrogen-bond donors (Lipinski definition) is 0. The van der Waals surface area contributed by atoms with E-state index in [0.29, 0.717) is 61.0 Å². The lowest BCUT2D eigenvalue weighted by Crippen LogP contribution is -2.30. The Morgan fingerprint density at radius 2 is 1.03 bits per heavy atom. The van der Waals surface area contributed by atoms with E-state index in [-0.39, 0.29) is 22.3 Å². The topological polar surface area (TPSA) is 42.3 Å². The number of hydrogen-bond acceptors (Lipinski definition) is 2. The number of carbonyl (C=O) groups is 2. The molecule has 0 atom stereocenters. The summed E-state index contributed by atoms with van der Waals surface area (Å²) < 4.78 is 86.4. The molecular formula is C54H34F6N2O2. The molecule has 0 fully saturated rings. The van der Waals surface area contributed by atoms with Crippen molar-refractivity contribution < 1.29 is 35.9 Å². The summed E-state index contributed by atoms with van der Waals surface area (Å²) in [6.07, 6.45) is -9.19. The van der Waals surface area contributed by atoms with Crippen molar-refractivity contribution in [2.45, 2.75) is 26.2 Å². The van der Waals surface area contributed by atoms with Crippen LogP contribution < -0.4 is 4.90 Å². The van der Waals surface area contributed by atoms with Crippen LogP contribution in [0.25, 0.3) is 72.0 Å². The maximum absolute atomic E-state index is 15.0. The van der Waals surface area contributed by atoms with Crippen LogP contribution in [0.2, 0.25) is 0 Å². The van der Waals surface area contributed by atoms with Gasteiger partial charge in [-0.05, 0) is 125 Å². The number of anilines is 1. The summed E-state index contributed by atoms with van der Waals surface area (Å²) in [5.74, 6) is -1.08. The van der Waals surface area contributed by atoms with Gasteiger partial charge < -0.3 is 4.57 Å². The molecule has 2 heterocycles. The fourth-order valence-electron chi connectivity index (χ4n) is 8.99. The fraction of sp³-hybridized carbons (Fsp3) is 0.0741. The molecule has 10 rings (SSSR count). The number of carbonyl (C=O) groups excluding carboxylic acids is 2. The van der Waals surface area contributed by atoms with Crippen LogP contribution >= 0.6 is 0 Å². The third kappa shape index (κ3) is 6.73. The minimum Gasteiger partial charge on any atom is -0.308 e. The SMILES string of the molecule is Cc1ccc(-c2ccc3c(c2)c2cc(-c4ccc(C(F)(F)F)cc4C)ccc2n3-c2cccc3c2C(=O)N(c2ccc(-c4ccccc4)cc2-c2ccccc2)C3=O)c(C(F)(F)F)c1. The first kappa shape index (κ1) is 40.4. The lowest BCUT2D eigenvalue weighted by atomic mass is 9.95. The number of nitrogens with zero attached hydrogens (tertiary/aromatic N) is 2. The first-order valence-electron chi connectivity index (χ1n) is 20.4. The van der Waals surface area contributed by atoms with Crippen LogP contribution in [0.15, 0.2) is 170 Å². The third-order valence-electron chi connectivity index (χ3n) is 12.0. The van der Waals surface area contributed by atoms with Crippen molar-refractivity contribution in [2.24, 2.45) is 0 Å². The third-order valence-corrected chi connectivity index (χ3v) is 12.0. The number of rotatable bonds is 6. The molecule has 9 aromatic rings. The molecule has 4 nitrogen and oxygen atoms in total. The lowest BCUT2D eigenvalue weighted by Gasteiger charge is -2.20. The van der Waals surface area contributed by atoms with Gasteiger partial charge in [0.15, 0.2) is 0 Å². The number of alkyl halides is 6. The minimum absolute atomic E-state index is 0.0276. The van der Waals surface area contributed by atoms with Crippen LogP contribution in [-0.4, -0.2) is 16.4 Å². The van der Waals surface area contributed by atoms with E-state index >= 15 is 4.79 Å². The first-order chi connectivity index (χ1) is 30.7. The summed E-state index contributed by atoms with van der Waals surface area (Å²) in [7, 11) is 0. The molecule has 0 N–H and O–H groups in total. The Morgan fingerprint density at radius 3 is 1.66 bits per heavy atom. The monoisotopic (exact) mass is 856 g/mol. The van der Waals surface area contributed by atoms with Gasteiger partial charge in [-0.1, -0.05) is 109 Å². The summed E-state index contributed by atoms with van der Waals surface area (Å²) in [5, 5.41) is 1.10. The Balaban J connectivity index is 1.18. The summed E-state index contributed by atoms with van der Waals surface area (Å²) in [6.45, 7) is 3.18. The zero-order valence-corrected chi connectivity index (χ0v) is 34.1. The molecule has 10 heteroatoms. The smallest absolute Gasteiger partial charge is 0.308 e. The Hall–Kier alpha value is -7.72. The maximum Gasteiger partial charge on any atom is 0.417 e. The second kappa shape index (κ2) is 15.0. The molecule has 0 spiro atoms. The van der Waals surface area contributed by atoms with Crippen molar-refractivity contribution in [3.05, 3.63) is 203 Å². The van der Waals surface area contributed by atoms with E-state index in [1.54, 1.807) is 80.6 Å². The molecule has 64 heavy (non-hydrogen) atoms. The normalized spacial score (nSPS) is 13.0. The highest BCUT2D eigenvalue weighted by Gasteiger charge is 2.41. The van der Waals surface area contributed by atoms with E-state index in [4.69, 9.17) is 0 Å². The Labute approximate surface area is 363 Å². The van der Waals surface area contributed by atoms with Gasteiger partial charge in [-0.2, -0.15) is 26.3 Å². The summed E-state index contributed by atoms with van der Waals surface area (Å²) in [4.78, 5) is 30.8. The van der Waals surface area contributed by atoms with Crippen LogP contribution in [-0.2, 0) is 12.4 Å². The predicted octanol–water partition coefficient (Wildman–Crippen LogP) is 14.9. The van der Waals surface area contributed by atoms with Gasteiger partial charge in [-0.25, -0.2) is 4.90 Å². The van der Waals surface area contributed by atoms with Crippen molar-refractivity contribution >= 4 is 39.3 Å². The van der Waals surface area contributed by atoms with Gasteiger partial charge >= 0.3 is 12.4 Å². The molecular weight excluding hydrogens is 823 g/mol. The van der Waals surface area contributed by atoms with E-state index < -0.39 is 35.3 Å². The number of fused-ring (bicyclic) bond motifs is 4. The number of halogens is 6. The molecule has 0 radical (unpaired) electrons. The maximum atomic E-state index is 15.0. The molecule has 0 saturated carbocycles. The van der Waals surface area contributed by atoms with Gasteiger partial charge in [0.05, 0.1) is 44.7 Å². The molecule has 1 aliphatic heterocycles. The highest BCUT2D eigenvalue weighted by Crippen LogP contribution is 2.45. The average Bonchev–Trinajstić information content (AvgIpc) is 3.75. The number of benzene rings is 8. The number of amides is 2. The van der Waals surface area contributed by atoms with E-state index in [9.17, 15) is 31.1 Å². The van der Waals surface area contributed by atoms with Gasteiger partial charge in [-0.3, -0.25) is 9.59 Å². The molecule has 0 bridgehead atoms. The largest absolute Gasteiger partial charge is 0.417 e. The van der Waals surface area contributed by atoms with E-state index in [2.05, 4.69) is 0 Å². The summed E-state index contributed by atoms with van der Waals surface area (Å²) in [5.41, 5.74) is 6.11. The summed E-state index contributed by atoms with van der Waals surface area (Å²) in [6, 6.07) is 47.9. The van der Waals surface area contributed by atoms with E-state index in [1.165, 1.54) is 17.0 Å². The molecule has 0 aliphatic carbocycles. The van der Waals surface area contributed by atoms with Gasteiger partial charge in [0, 0.05) is 16.3 Å². The summed E-state index contributed by atoms with van der Waals surface area (Å²) >= 11 is 0. The Kier molecular flexibility index (Phi) is 9.44. The zero-order chi connectivity index (χ0) is 44.7. The first-order valence-corrected chi connectivity index (χ1v) is 20.4. The van der Waals surface area contributed by atoms with Crippen LogP contribution in [0.5, 0.6) is 0 Å². The minimum atomic E-state index is -4.65. The Bertz CT molecular complexity index is 3370. The highest BCUT2D eigenvalue weighted by molar-refractivity contribution is 6.36. The molecule has 1 aliphatic rings. The van der Waals surface area contributed by atoms with Crippen molar-refractivity contribution in [1.82, 2.24) is 4.57 Å². The predicted molar refractivity (Wildman–Crippen MR) is 240 cm³/mol. The van der Waals surface area contributed by atoms with Crippen LogP contribution in [0, 0.1) is 13.8 Å². The zero-order valence-electron chi connectivity index (χ0n) is 34.1. The highest BCUT2D eigenvalue weighted by atomic mass is 19.4. The average molecular weight is 857 g/mol. The van der Waals surface area contributed by atoms with E-state index in [0.717, 1.165) is 34.9 Å². The molecule has 0 unspecified atom stereocenters. The van der Waals surface area contributed by atoms with Gasteiger partial charge in [0.1, 0.15) is 0 Å². The van der Waals surface area contributed by atoms with Crippen molar-refractivity contribution in [1.29, 1.82) is 0 Å². The van der Waals surface area contributed by atoms with Crippen molar-refractivity contribution in [3.63, 3.8) is 0 Å². The molecule has 0 saturated heterocycles. The molecule has 1 aromatic heterocycles. The number of imide groups is 1. The molecule has 8 aromatic carbocycles. The number of aromatic nitrogens is 1. The van der Waals surface area contributed by atoms with Gasteiger partial charge in [0.25, 0.3) is 11.8 Å². The lowest BCUT2D eigenvalue weighted by molar-refractivity contribution is -0.138. The van der Waals surface area contributed by atoms with Crippen molar-refractivity contribution in [3.8, 4) is 50.2 Å². The van der Waals surface area contributed by atoms with Crippen LogP contribution in [0.1, 0.15) is 43.0 Å². The van der Waals surface area contributed by atoms with Gasteiger partial charge in [0.2, 0.25) is 0 Å². The van der Waals surface area contributed by atoms with E-state index in [1.807, 2.05) is 77.4 Å². The van der Waals surface area contributed by atoms with Crippen LogP contribution in [0.4, 0.5) is 32.0 Å². The second-order valence-electron chi connectivity index (χ2n) is 16.0. The van der Waals surface area contributed by atoms with Crippen molar-refractivity contribution in [2.75, 3.05) is 4.90 Å². The van der Waals surface area contributed by atoms with Crippen LogP contribution in [0.3, 0.4) is 0 Å². The molecule has 2 amide bonds.